The van der Waals surface area contributed by atoms with E-state index in [1.165, 1.54) is 0 Å². The van der Waals surface area contributed by atoms with Crippen molar-refractivity contribution in [2.75, 3.05) is 24.3 Å². The minimum Gasteiger partial charge on any atom is -0.491 e. The van der Waals surface area contributed by atoms with Gasteiger partial charge in [0, 0.05) is 17.2 Å². The van der Waals surface area contributed by atoms with Crippen LogP contribution in [0.2, 0.25) is 0 Å². The normalized spacial score (nSPS) is 11.3. The lowest BCUT2D eigenvalue weighted by atomic mass is 9.92. The molecule has 29 heavy (non-hydrogen) atoms. The van der Waals surface area contributed by atoms with Crippen molar-refractivity contribution in [1.29, 1.82) is 0 Å². The molecule has 1 heterocycles. The van der Waals surface area contributed by atoms with Gasteiger partial charge in [-0.3, -0.25) is 5.32 Å². The Hall–Kier alpha value is -2.70. The maximum Gasteiger partial charge on any atom is 0.411 e. The molecule has 0 aliphatic heterocycles. The number of nitrogen functional groups attached to an aromatic ring is 1. The SMILES string of the molecule is CCCCOC(=O)Nc1ccc(OCCCC)c(-n2nc(C(C)(C)C)cc2N)c1. The largest absolute Gasteiger partial charge is 0.491 e. The number of aromatic nitrogens is 2. The summed E-state index contributed by atoms with van der Waals surface area (Å²) in [7, 11) is 0. The molecule has 0 saturated carbocycles. The monoisotopic (exact) mass is 402 g/mol. The van der Waals surface area contributed by atoms with Gasteiger partial charge in [0.2, 0.25) is 0 Å². The van der Waals surface area contributed by atoms with Gasteiger partial charge in [-0.1, -0.05) is 47.5 Å². The summed E-state index contributed by atoms with van der Waals surface area (Å²) < 4.78 is 12.8. The van der Waals surface area contributed by atoms with Crippen molar-refractivity contribution < 1.29 is 14.3 Å². The van der Waals surface area contributed by atoms with Crippen LogP contribution in [0.5, 0.6) is 5.75 Å². The number of nitrogens with zero attached hydrogens (tertiary/aromatic N) is 2. The van der Waals surface area contributed by atoms with E-state index >= 15 is 0 Å². The molecule has 2 rings (SSSR count). The van der Waals surface area contributed by atoms with Crippen LogP contribution in [0.1, 0.15) is 66.0 Å². The van der Waals surface area contributed by atoms with Crippen molar-refractivity contribution >= 4 is 17.6 Å². The highest BCUT2D eigenvalue weighted by Crippen LogP contribution is 2.31. The van der Waals surface area contributed by atoms with Crippen LogP contribution < -0.4 is 15.8 Å². The molecule has 0 spiro atoms. The average Bonchev–Trinajstić information content (AvgIpc) is 3.05. The minimum absolute atomic E-state index is 0.137. The Morgan fingerprint density at radius 2 is 1.83 bits per heavy atom. The van der Waals surface area contributed by atoms with Gasteiger partial charge >= 0.3 is 6.09 Å². The standard InChI is InChI=1S/C22H34N4O3/c1-6-8-12-28-18-11-10-16(24-21(27)29-13-9-7-2)14-17(18)26-20(23)15-19(25-26)22(3,4)5/h10-11,14-15H,6-9,12-13,23H2,1-5H3,(H,24,27). The molecule has 7 heteroatoms. The van der Waals surface area contributed by atoms with Crippen molar-refractivity contribution in [1.82, 2.24) is 9.78 Å². The Morgan fingerprint density at radius 1 is 1.14 bits per heavy atom. The zero-order valence-electron chi connectivity index (χ0n) is 18.2. The van der Waals surface area contributed by atoms with E-state index in [1.807, 2.05) is 19.1 Å². The first-order chi connectivity index (χ1) is 13.8. The van der Waals surface area contributed by atoms with Crippen LogP contribution >= 0.6 is 0 Å². The van der Waals surface area contributed by atoms with Crippen molar-refractivity contribution in [3.8, 4) is 11.4 Å². The first kappa shape index (κ1) is 22.6. The highest BCUT2D eigenvalue weighted by atomic mass is 16.5. The summed E-state index contributed by atoms with van der Waals surface area (Å²) in [6.07, 6.45) is 3.31. The smallest absolute Gasteiger partial charge is 0.411 e. The second-order valence-corrected chi connectivity index (χ2v) is 8.12. The quantitative estimate of drug-likeness (QED) is 0.557. The zero-order chi connectivity index (χ0) is 21.4. The maximum atomic E-state index is 12.0. The molecular weight excluding hydrogens is 368 g/mol. The van der Waals surface area contributed by atoms with E-state index in [0.717, 1.165) is 31.4 Å². The molecule has 0 bridgehead atoms. The highest BCUT2D eigenvalue weighted by Gasteiger charge is 2.21. The molecule has 0 aliphatic carbocycles. The van der Waals surface area contributed by atoms with Crippen molar-refractivity contribution in [3.63, 3.8) is 0 Å². The van der Waals surface area contributed by atoms with Crippen molar-refractivity contribution in [3.05, 3.63) is 30.0 Å². The number of nitrogens with two attached hydrogens (primary N) is 1. The topological polar surface area (TPSA) is 91.4 Å². The molecule has 0 radical (unpaired) electrons. The van der Waals surface area contributed by atoms with Gasteiger partial charge in [-0.05, 0) is 31.0 Å². The van der Waals surface area contributed by atoms with Crippen LogP contribution in [-0.2, 0) is 10.2 Å². The number of hydrogen-bond acceptors (Lipinski definition) is 5. The third-order valence-corrected chi connectivity index (χ3v) is 4.43. The van der Waals surface area contributed by atoms with Gasteiger partial charge in [0.1, 0.15) is 17.3 Å². The van der Waals surface area contributed by atoms with Gasteiger partial charge in [0.15, 0.2) is 0 Å². The summed E-state index contributed by atoms with van der Waals surface area (Å²) in [5.41, 5.74) is 8.28. The highest BCUT2D eigenvalue weighted by molar-refractivity contribution is 5.85. The lowest BCUT2D eigenvalue weighted by molar-refractivity contribution is 0.160. The molecule has 0 saturated heterocycles. The molecule has 160 valence electrons. The van der Waals surface area contributed by atoms with Crippen LogP contribution in [0.25, 0.3) is 5.69 Å². The first-order valence-corrected chi connectivity index (χ1v) is 10.3. The van der Waals surface area contributed by atoms with Crippen LogP contribution in [-0.4, -0.2) is 29.1 Å². The molecule has 7 nitrogen and oxygen atoms in total. The third kappa shape index (κ3) is 6.41. The second-order valence-electron chi connectivity index (χ2n) is 8.12. The fraction of sp³-hybridized carbons (Fsp3) is 0.545. The van der Waals surface area contributed by atoms with Gasteiger partial charge in [-0.2, -0.15) is 5.10 Å². The van der Waals surface area contributed by atoms with E-state index in [-0.39, 0.29) is 5.41 Å². The Balaban J connectivity index is 2.33. The van der Waals surface area contributed by atoms with Crippen molar-refractivity contribution in [2.24, 2.45) is 0 Å². The Labute approximate surface area is 173 Å². The zero-order valence-corrected chi connectivity index (χ0v) is 18.2. The first-order valence-electron chi connectivity index (χ1n) is 10.3. The second kappa shape index (κ2) is 10.2. The average molecular weight is 403 g/mol. The van der Waals surface area contributed by atoms with Gasteiger partial charge in [0.25, 0.3) is 0 Å². The van der Waals surface area contributed by atoms with E-state index in [4.69, 9.17) is 15.2 Å². The fourth-order valence-corrected chi connectivity index (χ4v) is 2.63. The molecule has 0 aliphatic rings. The molecule has 0 fully saturated rings. The summed E-state index contributed by atoms with van der Waals surface area (Å²) in [5.74, 6) is 1.18. The third-order valence-electron chi connectivity index (χ3n) is 4.43. The van der Waals surface area contributed by atoms with Gasteiger partial charge in [-0.25, -0.2) is 9.48 Å². The minimum atomic E-state index is -0.479. The number of nitrogens with one attached hydrogen (secondary N) is 1. The fourth-order valence-electron chi connectivity index (χ4n) is 2.63. The lowest BCUT2D eigenvalue weighted by Gasteiger charge is -2.16. The number of benzene rings is 1. The summed E-state index contributed by atoms with van der Waals surface area (Å²) >= 11 is 0. The summed E-state index contributed by atoms with van der Waals surface area (Å²) in [5, 5.41) is 7.45. The van der Waals surface area contributed by atoms with Gasteiger partial charge < -0.3 is 15.2 Å². The molecule has 1 aromatic heterocycles. The van der Waals surface area contributed by atoms with Crippen LogP contribution in [0.15, 0.2) is 24.3 Å². The Morgan fingerprint density at radius 3 is 2.45 bits per heavy atom. The number of amides is 1. The van der Waals surface area contributed by atoms with Gasteiger partial charge in [0.05, 0.1) is 18.9 Å². The molecule has 0 atom stereocenters. The van der Waals surface area contributed by atoms with E-state index in [1.54, 1.807) is 16.8 Å². The molecular formula is C22H34N4O3. The van der Waals surface area contributed by atoms with E-state index in [9.17, 15) is 4.79 Å². The number of ether oxygens (including phenoxy) is 2. The number of anilines is 2. The van der Waals surface area contributed by atoms with E-state index < -0.39 is 6.09 Å². The van der Waals surface area contributed by atoms with E-state index in [0.29, 0.717) is 36.2 Å². The molecule has 1 amide bonds. The Bertz CT molecular complexity index is 809. The number of carbonyl (C=O) groups is 1. The number of carbonyl (C=O) groups excluding carboxylic acids is 1. The van der Waals surface area contributed by atoms with Crippen LogP contribution in [0, 0.1) is 0 Å². The van der Waals surface area contributed by atoms with E-state index in [2.05, 4.69) is 38.1 Å². The van der Waals surface area contributed by atoms with Crippen molar-refractivity contribution in [2.45, 2.75) is 65.7 Å². The predicted octanol–water partition coefficient (Wildman–Crippen LogP) is 5.28. The lowest BCUT2D eigenvalue weighted by Crippen LogP contribution is -2.15. The molecule has 1 aromatic carbocycles. The molecule has 0 unspecified atom stereocenters. The number of hydrogen-bond donors (Lipinski definition) is 2. The van der Waals surface area contributed by atoms with Gasteiger partial charge in [-0.15, -0.1) is 0 Å². The summed E-state index contributed by atoms with van der Waals surface area (Å²) in [4.78, 5) is 12.0. The molecule has 2 aromatic rings. The number of unbranched alkanes of at least 4 members (excludes halogenated alkanes) is 2. The summed E-state index contributed by atoms with van der Waals surface area (Å²) in [6, 6.07) is 7.29. The maximum absolute atomic E-state index is 12.0. The predicted molar refractivity (Wildman–Crippen MR) is 117 cm³/mol. The van der Waals surface area contributed by atoms with Crippen LogP contribution in [0.3, 0.4) is 0 Å². The summed E-state index contributed by atoms with van der Waals surface area (Å²) in [6.45, 7) is 11.4. The number of rotatable bonds is 9. The van der Waals surface area contributed by atoms with Crippen LogP contribution in [0.4, 0.5) is 16.3 Å². The molecule has 3 N–H and O–H groups in total. The Kier molecular flexibility index (Phi) is 7.93.